The van der Waals surface area contributed by atoms with Gasteiger partial charge < -0.3 is 25.6 Å². The van der Waals surface area contributed by atoms with Gasteiger partial charge in [-0.15, -0.1) is 0 Å². The molecule has 3 N–H and O–H groups in total. The van der Waals surface area contributed by atoms with Crippen molar-refractivity contribution in [2.24, 2.45) is 0 Å². The van der Waals surface area contributed by atoms with E-state index in [1.165, 1.54) is 19.1 Å². The zero-order chi connectivity index (χ0) is 26.9. The number of methoxy groups -OCH3 is 1. The van der Waals surface area contributed by atoms with E-state index in [1.807, 2.05) is 0 Å². The van der Waals surface area contributed by atoms with Gasteiger partial charge in [0.25, 0.3) is 5.91 Å². The third kappa shape index (κ3) is 6.63. The first-order valence-electron chi connectivity index (χ1n) is 11.6. The molecule has 0 saturated heterocycles. The molecule has 2 aromatic rings. The number of amides is 2. The Morgan fingerprint density at radius 1 is 0.973 bits per heavy atom. The summed E-state index contributed by atoms with van der Waals surface area (Å²) in [6.45, 7) is 0.580. The molecular weight excluding hydrogens is 486 g/mol. The Kier molecular flexibility index (Phi) is 9.58. The molecule has 11 heteroatoms. The van der Waals surface area contributed by atoms with Crippen molar-refractivity contribution in [3.63, 3.8) is 0 Å². The molecule has 0 atom stereocenters. The van der Waals surface area contributed by atoms with Gasteiger partial charge in [-0.25, -0.2) is 8.78 Å². The number of ketones is 2. The fourth-order valence-corrected chi connectivity index (χ4v) is 3.89. The van der Waals surface area contributed by atoms with Crippen molar-refractivity contribution in [1.29, 1.82) is 0 Å². The maximum atomic E-state index is 13.3. The highest BCUT2D eigenvalue weighted by atomic mass is 19.1. The van der Waals surface area contributed by atoms with E-state index in [1.54, 1.807) is 24.3 Å². The van der Waals surface area contributed by atoms with Gasteiger partial charge in [0, 0.05) is 50.0 Å². The maximum absolute atomic E-state index is 13.3. The van der Waals surface area contributed by atoms with E-state index in [0.29, 0.717) is 19.0 Å². The lowest BCUT2D eigenvalue weighted by molar-refractivity contribution is -0.128. The quantitative estimate of drug-likeness (QED) is 0.369. The van der Waals surface area contributed by atoms with Gasteiger partial charge in [-0.2, -0.15) is 0 Å². The fourth-order valence-electron chi connectivity index (χ4n) is 3.89. The molecule has 2 amide bonds. The first-order chi connectivity index (χ1) is 17.8. The van der Waals surface area contributed by atoms with Gasteiger partial charge in [-0.05, 0) is 25.1 Å². The molecule has 2 aromatic carbocycles. The maximum Gasteiger partial charge on any atom is 0.251 e. The Hall–Kier alpha value is -3.96. The van der Waals surface area contributed by atoms with Crippen molar-refractivity contribution < 1.29 is 32.7 Å². The number of Topliss-reactive ketones (excluding diaryl/α,β-unsaturated/α-hetero) is 2. The highest BCUT2D eigenvalue weighted by Crippen LogP contribution is 2.27. The predicted molar refractivity (Wildman–Crippen MR) is 131 cm³/mol. The van der Waals surface area contributed by atoms with Crippen molar-refractivity contribution in [3.8, 4) is 0 Å². The molecule has 0 saturated carbocycles. The smallest absolute Gasteiger partial charge is 0.251 e. The van der Waals surface area contributed by atoms with Gasteiger partial charge in [0.2, 0.25) is 17.5 Å². The van der Waals surface area contributed by atoms with Crippen molar-refractivity contribution >= 4 is 23.4 Å². The number of likely N-dealkylation sites (N-methyl/N-ethyl adjacent to an activating group) is 1. The first-order valence-corrected chi connectivity index (χ1v) is 11.6. The number of allylic oxidation sites excluding steroid dienone is 2. The number of nitrogens with one attached hydrogen (secondary N) is 3. The minimum absolute atomic E-state index is 0.0321. The molecule has 1 aliphatic carbocycles. The number of rotatable bonds is 12. The van der Waals surface area contributed by atoms with Crippen LogP contribution in [0, 0.1) is 11.6 Å². The Bertz CT molecular complexity index is 1210. The van der Waals surface area contributed by atoms with Gasteiger partial charge in [0.05, 0.1) is 13.2 Å². The summed E-state index contributed by atoms with van der Waals surface area (Å²) in [5, 5.41) is 8.27. The largest absolute Gasteiger partial charge is 0.383 e. The second-order valence-corrected chi connectivity index (χ2v) is 8.16. The summed E-state index contributed by atoms with van der Waals surface area (Å²) in [6.07, 6.45) is 0.421. The van der Waals surface area contributed by atoms with Crippen molar-refractivity contribution in [3.05, 3.63) is 82.2 Å². The van der Waals surface area contributed by atoms with Crippen molar-refractivity contribution in [2.45, 2.75) is 6.42 Å². The minimum Gasteiger partial charge on any atom is -0.383 e. The van der Waals surface area contributed by atoms with Crippen molar-refractivity contribution in [1.82, 2.24) is 20.9 Å². The average molecular weight is 515 g/mol. The van der Waals surface area contributed by atoms with E-state index in [0.717, 1.165) is 12.1 Å². The van der Waals surface area contributed by atoms with Gasteiger partial charge in [0.15, 0.2) is 0 Å². The van der Waals surface area contributed by atoms with Gasteiger partial charge in [0.1, 0.15) is 23.0 Å². The van der Waals surface area contributed by atoms with Gasteiger partial charge in [-0.1, -0.05) is 24.3 Å². The van der Waals surface area contributed by atoms with Crippen LogP contribution in [0.4, 0.5) is 8.78 Å². The Morgan fingerprint density at radius 2 is 1.62 bits per heavy atom. The SMILES string of the molecule is CNC1=C(N(CCOC)C(=O)CNCCCNC(=O)c2cc(F)cc(F)c2)C(=O)c2ccccc2C1=O. The van der Waals surface area contributed by atoms with Crippen LogP contribution in [0.1, 0.15) is 37.5 Å². The average Bonchev–Trinajstić information content (AvgIpc) is 2.88. The summed E-state index contributed by atoms with van der Waals surface area (Å²) in [4.78, 5) is 52.7. The summed E-state index contributed by atoms with van der Waals surface area (Å²) in [5.74, 6) is -3.58. The zero-order valence-corrected chi connectivity index (χ0v) is 20.5. The lowest BCUT2D eigenvalue weighted by Gasteiger charge is -2.30. The molecular formula is C26H28F2N4O5. The number of hydrogen-bond acceptors (Lipinski definition) is 7. The van der Waals surface area contributed by atoms with E-state index in [4.69, 9.17) is 4.74 Å². The van der Waals surface area contributed by atoms with Gasteiger partial charge >= 0.3 is 0 Å². The number of hydrogen-bond donors (Lipinski definition) is 3. The molecule has 0 spiro atoms. The summed E-state index contributed by atoms with van der Waals surface area (Å²) < 4.78 is 31.7. The lowest BCUT2D eigenvalue weighted by Crippen LogP contribution is -2.45. The molecule has 1 aliphatic rings. The molecule has 0 aliphatic heterocycles. The standard InChI is InChI=1S/C26H28F2N4O5/c1-29-22-23(25(35)20-7-4-3-6-19(20)24(22)34)32(10-11-37-2)21(33)15-30-8-5-9-31-26(36)16-12-17(27)14-18(28)13-16/h3-4,6-7,12-14,29-30H,5,8-11,15H2,1-2H3,(H,31,36). The predicted octanol–water partition coefficient (Wildman–Crippen LogP) is 1.66. The van der Waals surface area contributed by atoms with Crippen LogP contribution in [-0.4, -0.2) is 75.2 Å². The number of carbonyl (C=O) groups is 4. The minimum atomic E-state index is -0.846. The molecule has 0 unspecified atom stereocenters. The van der Waals surface area contributed by atoms with Crippen LogP contribution in [0.3, 0.4) is 0 Å². The normalized spacial score (nSPS) is 12.9. The molecule has 0 aromatic heterocycles. The monoisotopic (exact) mass is 514 g/mol. The van der Waals surface area contributed by atoms with Crippen LogP contribution in [-0.2, 0) is 9.53 Å². The van der Waals surface area contributed by atoms with Crippen molar-refractivity contribution in [2.75, 3.05) is 46.9 Å². The Morgan fingerprint density at radius 3 is 2.24 bits per heavy atom. The summed E-state index contributed by atoms with van der Waals surface area (Å²) in [7, 11) is 2.97. The number of nitrogens with zero attached hydrogens (tertiary/aromatic N) is 1. The van der Waals surface area contributed by atoms with Crippen LogP contribution < -0.4 is 16.0 Å². The Balaban J connectivity index is 1.60. The number of benzene rings is 2. The van der Waals surface area contributed by atoms with Crippen LogP contribution in [0.25, 0.3) is 0 Å². The second kappa shape index (κ2) is 12.8. The van der Waals surface area contributed by atoms with E-state index in [2.05, 4.69) is 16.0 Å². The van der Waals surface area contributed by atoms with E-state index in [9.17, 15) is 28.0 Å². The molecule has 37 heavy (non-hydrogen) atoms. The number of halogens is 2. The van der Waals surface area contributed by atoms with Crippen LogP contribution in [0.15, 0.2) is 53.9 Å². The summed E-state index contributed by atoms with van der Waals surface area (Å²) >= 11 is 0. The number of carbonyl (C=O) groups excluding carboxylic acids is 4. The van der Waals surface area contributed by atoms with Crippen LogP contribution in [0.5, 0.6) is 0 Å². The Labute approximate surface area is 212 Å². The molecule has 0 fully saturated rings. The summed E-state index contributed by atoms with van der Waals surface area (Å²) in [6, 6.07) is 8.99. The van der Waals surface area contributed by atoms with Crippen LogP contribution in [0.2, 0.25) is 0 Å². The fraction of sp³-hybridized carbons (Fsp3) is 0.308. The third-order valence-corrected chi connectivity index (χ3v) is 5.65. The zero-order valence-electron chi connectivity index (χ0n) is 20.5. The molecule has 9 nitrogen and oxygen atoms in total. The third-order valence-electron chi connectivity index (χ3n) is 5.65. The molecule has 0 bridgehead atoms. The molecule has 0 radical (unpaired) electrons. The van der Waals surface area contributed by atoms with E-state index >= 15 is 0 Å². The van der Waals surface area contributed by atoms with E-state index in [-0.39, 0.29) is 60.1 Å². The second-order valence-electron chi connectivity index (χ2n) is 8.16. The number of fused-ring (bicyclic) bond motifs is 1. The molecule has 0 heterocycles. The summed E-state index contributed by atoms with van der Waals surface area (Å²) in [5.41, 5.74) is 0.352. The highest BCUT2D eigenvalue weighted by molar-refractivity contribution is 6.27. The lowest BCUT2D eigenvalue weighted by atomic mass is 9.89. The van der Waals surface area contributed by atoms with Crippen LogP contribution >= 0.6 is 0 Å². The molecule has 196 valence electrons. The molecule has 3 rings (SSSR count). The topological polar surface area (TPSA) is 117 Å². The number of ether oxygens (including phenoxy) is 1. The highest BCUT2D eigenvalue weighted by Gasteiger charge is 2.36. The van der Waals surface area contributed by atoms with Gasteiger partial charge in [-0.3, -0.25) is 19.2 Å². The van der Waals surface area contributed by atoms with E-state index < -0.39 is 29.2 Å². The first kappa shape index (κ1) is 27.6.